The maximum atomic E-state index is 13.3. The fourth-order valence-corrected chi connectivity index (χ4v) is 4.65. The molecule has 0 radical (unpaired) electrons. The number of carbonyl (C=O) groups excluding carboxylic acids is 2. The van der Waals surface area contributed by atoms with E-state index in [0.29, 0.717) is 30.4 Å². The number of fused-ring (bicyclic) bond motifs is 1. The molecule has 4 atom stereocenters. The largest absolute Gasteiger partial charge is 0.423 e. The van der Waals surface area contributed by atoms with Crippen LogP contribution in [0, 0.1) is 17.7 Å². The molecule has 1 spiro atoms. The normalized spacial score (nSPS) is 29.0. The second-order valence-electron chi connectivity index (χ2n) is 7.94. The Kier molecular flexibility index (Phi) is 4.25. The first-order valence-electron chi connectivity index (χ1n) is 9.92. The van der Waals surface area contributed by atoms with E-state index in [1.807, 2.05) is 19.1 Å². The standard InChI is InChI=1S/C21H21FN4O4/c1-3-15-23-24-16(29-15)10-25(2)19(27)17-14-8-9-21(30-14)11-26(20(28)18(17)21)13-6-4-12(22)5-7-13/h4-9,14,17-18H,3,10-11H2,1-2H3/t14-,17-,18+,21-/m0/s1. The van der Waals surface area contributed by atoms with E-state index in [4.69, 9.17) is 9.15 Å². The van der Waals surface area contributed by atoms with Gasteiger partial charge in [-0.2, -0.15) is 0 Å². The van der Waals surface area contributed by atoms with Crippen LogP contribution in [0.5, 0.6) is 0 Å². The van der Waals surface area contributed by atoms with Crippen LogP contribution >= 0.6 is 0 Å². The van der Waals surface area contributed by atoms with E-state index in [0.717, 1.165) is 0 Å². The van der Waals surface area contributed by atoms with Crippen molar-refractivity contribution < 1.29 is 23.1 Å². The van der Waals surface area contributed by atoms with Crippen molar-refractivity contribution in [3.63, 3.8) is 0 Å². The molecule has 0 aliphatic carbocycles. The molecule has 1 aromatic carbocycles. The van der Waals surface area contributed by atoms with Crippen LogP contribution in [0.1, 0.15) is 18.7 Å². The molecule has 0 N–H and O–H groups in total. The van der Waals surface area contributed by atoms with Gasteiger partial charge in [-0.1, -0.05) is 19.1 Å². The molecular weight excluding hydrogens is 391 g/mol. The maximum Gasteiger partial charge on any atom is 0.235 e. The zero-order chi connectivity index (χ0) is 21.0. The Morgan fingerprint density at radius 1 is 1.30 bits per heavy atom. The smallest absolute Gasteiger partial charge is 0.235 e. The summed E-state index contributed by atoms with van der Waals surface area (Å²) < 4.78 is 24.9. The van der Waals surface area contributed by atoms with E-state index in [9.17, 15) is 14.0 Å². The summed E-state index contributed by atoms with van der Waals surface area (Å²) >= 11 is 0. The van der Waals surface area contributed by atoms with Crippen molar-refractivity contribution in [1.82, 2.24) is 15.1 Å². The van der Waals surface area contributed by atoms with Gasteiger partial charge in [-0.3, -0.25) is 9.59 Å². The van der Waals surface area contributed by atoms with E-state index in [1.165, 1.54) is 17.0 Å². The number of aromatic nitrogens is 2. The molecule has 9 heteroatoms. The van der Waals surface area contributed by atoms with Gasteiger partial charge in [0.05, 0.1) is 31.0 Å². The summed E-state index contributed by atoms with van der Waals surface area (Å²) in [5.41, 5.74) is -0.250. The molecule has 8 nitrogen and oxygen atoms in total. The number of halogens is 1. The van der Waals surface area contributed by atoms with Crippen molar-refractivity contribution in [2.75, 3.05) is 18.5 Å². The van der Waals surface area contributed by atoms with Gasteiger partial charge in [0.1, 0.15) is 11.4 Å². The summed E-state index contributed by atoms with van der Waals surface area (Å²) in [4.78, 5) is 29.7. The number of rotatable bonds is 5. The highest BCUT2D eigenvalue weighted by Gasteiger charge is 2.67. The van der Waals surface area contributed by atoms with Crippen molar-refractivity contribution in [3.8, 4) is 0 Å². The summed E-state index contributed by atoms with van der Waals surface area (Å²) in [7, 11) is 1.65. The van der Waals surface area contributed by atoms with Crippen molar-refractivity contribution in [3.05, 3.63) is 54.0 Å². The number of hydrogen-bond donors (Lipinski definition) is 0. The topological polar surface area (TPSA) is 88.8 Å². The Morgan fingerprint density at radius 3 is 2.73 bits per heavy atom. The summed E-state index contributed by atoms with van der Waals surface area (Å²) in [6.45, 7) is 2.36. The molecule has 4 heterocycles. The number of carbonyl (C=O) groups is 2. The maximum absolute atomic E-state index is 13.3. The first kappa shape index (κ1) is 18.9. The first-order valence-corrected chi connectivity index (χ1v) is 9.92. The van der Waals surface area contributed by atoms with E-state index < -0.39 is 23.5 Å². The number of anilines is 1. The molecule has 30 heavy (non-hydrogen) atoms. The number of ether oxygens (including phenoxy) is 1. The molecule has 2 saturated heterocycles. The molecular formula is C21H21FN4O4. The minimum Gasteiger partial charge on any atom is -0.423 e. The third-order valence-corrected chi connectivity index (χ3v) is 6.08. The Morgan fingerprint density at radius 2 is 2.03 bits per heavy atom. The molecule has 1 aromatic heterocycles. The minimum atomic E-state index is -0.836. The second-order valence-corrected chi connectivity index (χ2v) is 7.94. The van der Waals surface area contributed by atoms with Crippen molar-refractivity contribution in [1.29, 1.82) is 0 Å². The lowest BCUT2D eigenvalue weighted by molar-refractivity contribution is -0.139. The average molecular weight is 412 g/mol. The van der Waals surface area contributed by atoms with Gasteiger partial charge in [-0.25, -0.2) is 4.39 Å². The highest BCUT2D eigenvalue weighted by Crippen LogP contribution is 2.53. The predicted molar refractivity (Wildman–Crippen MR) is 103 cm³/mol. The number of benzene rings is 1. The Balaban J connectivity index is 1.39. The molecule has 156 valence electrons. The van der Waals surface area contributed by atoms with E-state index in [2.05, 4.69) is 10.2 Å². The Bertz CT molecular complexity index is 1040. The van der Waals surface area contributed by atoms with Crippen molar-refractivity contribution in [2.45, 2.75) is 31.6 Å². The van der Waals surface area contributed by atoms with Crippen LogP contribution < -0.4 is 4.90 Å². The van der Waals surface area contributed by atoms with Gasteiger partial charge in [-0.15, -0.1) is 10.2 Å². The van der Waals surface area contributed by atoms with Gasteiger partial charge >= 0.3 is 0 Å². The van der Waals surface area contributed by atoms with Crippen molar-refractivity contribution >= 4 is 17.5 Å². The highest BCUT2D eigenvalue weighted by molar-refractivity contribution is 6.03. The molecule has 2 bridgehead atoms. The van der Waals surface area contributed by atoms with Crippen LogP contribution in [-0.4, -0.2) is 52.2 Å². The van der Waals surface area contributed by atoms with Gasteiger partial charge in [0.25, 0.3) is 0 Å². The summed E-state index contributed by atoms with van der Waals surface area (Å²) in [6, 6.07) is 5.75. The van der Waals surface area contributed by atoms with Crippen LogP contribution in [0.4, 0.5) is 10.1 Å². The van der Waals surface area contributed by atoms with E-state index >= 15 is 0 Å². The molecule has 2 fully saturated rings. The van der Waals surface area contributed by atoms with Crippen molar-refractivity contribution in [2.24, 2.45) is 11.8 Å². The van der Waals surface area contributed by atoms with Crippen LogP contribution in [0.3, 0.4) is 0 Å². The molecule has 2 amide bonds. The van der Waals surface area contributed by atoms with Crippen LogP contribution in [0.25, 0.3) is 0 Å². The fraction of sp³-hybridized carbons (Fsp3) is 0.429. The lowest BCUT2D eigenvalue weighted by atomic mass is 9.76. The van der Waals surface area contributed by atoms with Crippen LogP contribution in [-0.2, 0) is 27.3 Å². The minimum absolute atomic E-state index is 0.161. The zero-order valence-electron chi connectivity index (χ0n) is 16.6. The Labute approximate surface area is 172 Å². The first-order chi connectivity index (χ1) is 14.4. The summed E-state index contributed by atoms with van der Waals surface area (Å²) in [6.07, 6.45) is 3.92. The summed E-state index contributed by atoms with van der Waals surface area (Å²) in [5, 5.41) is 7.88. The molecule has 0 unspecified atom stereocenters. The SMILES string of the molecule is CCc1nnc(CN(C)C(=O)[C@H]2[C@@H]3C=C[C@@]4(CN(c5ccc(F)cc5)C(=O)[C@@H]24)O3)o1. The van der Waals surface area contributed by atoms with Crippen LogP contribution in [0.15, 0.2) is 40.8 Å². The number of nitrogens with zero attached hydrogens (tertiary/aromatic N) is 4. The molecule has 3 aliphatic heterocycles. The third kappa shape index (κ3) is 2.76. The third-order valence-electron chi connectivity index (χ3n) is 6.08. The van der Waals surface area contributed by atoms with E-state index in [1.54, 1.807) is 24.1 Å². The van der Waals surface area contributed by atoms with Gasteiger partial charge in [0, 0.05) is 19.2 Å². The van der Waals surface area contributed by atoms with Gasteiger partial charge in [-0.05, 0) is 24.3 Å². The molecule has 0 saturated carbocycles. The van der Waals surface area contributed by atoms with E-state index in [-0.39, 0.29) is 24.2 Å². The average Bonchev–Trinajstić information content (AvgIpc) is 3.49. The molecule has 3 aliphatic rings. The van der Waals surface area contributed by atoms with Gasteiger partial charge in [0.15, 0.2) is 0 Å². The fourth-order valence-electron chi connectivity index (χ4n) is 4.65. The number of hydrogen-bond acceptors (Lipinski definition) is 6. The molecule has 2 aromatic rings. The second kappa shape index (κ2) is 6.73. The Hall–Kier alpha value is -3.07. The highest BCUT2D eigenvalue weighted by atomic mass is 19.1. The van der Waals surface area contributed by atoms with Crippen LogP contribution in [0.2, 0.25) is 0 Å². The lowest BCUT2D eigenvalue weighted by Gasteiger charge is -2.27. The monoisotopic (exact) mass is 412 g/mol. The molecule has 5 rings (SSSR count). The predicted octanol–water partition coefficient (Wildman–Crippen LogP) is 1.72. The zero-order valence-corrected chi connectivity index (χ0v) is 16.6. The quantitative estimate of drug-likeness (QED) is 0.695. The van der Waals surface area contributed by atoms with Gasteiger partial charge in [0.2, 0.25) is 23.6 Å². The van der Waals surface area contributed by atoms with Gasteiger partial charge < -0.3 is 19.0 Å². The number of aryl methyl sites for hydroxylation is 1. The lowest BCUT2D eigenvalue weighted by Crippen LogP contribution is -2.44. The number of amides is 2. The summed E-state index contributed by atoms with van der Waals surface area (Å²) in [5.74, 6) is -1.16.